The predicted molar refractivity (Wildman–Crippen MR) is 117 cm³/mol. The molecule has 0 bridgehead atoms. The molecule has 0 saturated heterocycles. The summed E-state index contributed by atoms with van der Waals surface area (Å²) < 4.78 is 14.8. The number of para-hydroxylation sites is 1. The van der Waals surface area contributed by atoms with Crippen molar-refractivity contribution in [3.8, 4) is 0 Å². The first kappa shape index (κ1) is 20.2. The van der Waals surface area contributed by atoms with E-state index in [4.69, 9.17) is 11.6 Å². The van der Waals surface area contributed by atoms with E-state index in [-0.39, 0.29) is 6.42 Å². The van der Waals surface area contributed by atoms with Crippen LogP contribution in [0.15, 0.2) is 47.4 Å². The van der Waals surface area contributed by atoms with E-state index < -0.39 is 22.2 Å². The van der Waals surface area contributed by atoms with Crippen LogP contribution in [-0.4, -0.2) is 26.1 Å². The van der Waals surface area contributed by atoms with Crippen molar-refractivity contribution in [2.75, 3.05) is 6.26 Å². The first-order valence-corrected chi connectivity index (χ1v) is 11.7. The van der Waals surface area contributed by atoms with Crippen molar-refractivity contribution in [2.45, 2.75) is 49.5 Å². The highest BCUT2D eigenvalue weighted by molar-refractivity contribution is 7.84. The van der Waals surface area contributed by atoms with E-state index in [0.717, 1.165) is 46.3 Å². The summed E-state index contributed by atoms with van der Waals surface area (Å²) in [6.45, 7) is 2.64. The summed E-state index contributed by atoms with van der Waals surface area (Å²) in [7, 11) is -1.15. The van der Waals surface area contributed by atoms with Crippen molar-refractivity contribution in [2.24, 2.45) is 0 Å². The van der Waals surface area contributed by atoms with Gasteiger partial charge in [-0.05, 0) is 48.6 Å². The Labute approximate surface area is 178 Å². The Morgan fingerprint density at radius 3 is 2.62 bits per heavy atom. The smallest absolute Gasteiger partial charge is 0.304 e. The molecule has 0 amide bonds. The molecule has 0 aliphatic heterocycles. The van der Waals surface area contributed by atoms with Gasteiger partial charge in [-0.15, -0.1) is 0 Å². The standard InChI is InChI=1S/C23H24ClNO3S/c1-23(13-20(26)27)12-4-6-18-17-5-3-7-19(29(2)28)21(17)25(22(18)23)14-15-8-10-16(24)11-9-15/h3,5,7-11H,4,6,12-14H2,1-2H3,(H,26,27)/t23?,29-/m0/s1. The number of hydrogen-bond acceptors (Lipinski definition) is 2. The van der Waals surface area contributed by atoms with E-state index >= 15 is 0 Å². The third-order valence-corrected chi connectivity index (χ3v) is 7.18. The van der Waals surface area contributed by atoms with Crippen LogP contribution in [0.5, 0.6) is 0 Å². The van der Waals surface area contributed by atoms with Crippen molar-refractivity contribution in [3.05, 3.63) is 64.3 Å². The summed E-state index contributed by atoms with van der Waals surface area (Å²) in [6.07, 6.45) is 4.48. The van der Waals surface area contributed by atoms with E-state index in [2.05, 4.69) is 17.6 Å². The lowest BCUT2D eigenvalue weighted by molar-refractivity contribution is -0.138. The Kier molecular flexibility index (Phi) is 5.30. The average Bonchev–Trinajstić information content (AvgIpc) is 2.98. The molecule has 1 unspecified atom stereocenters. The van der Waals surface area contributed by atoms with Gasteiger partial charge < -0.3 is 9.67 Å². The Hall–Kier alpha value is -2.11. The highest BCUT2D eigenvalue weighted by atomic mass is 35.5. The summed E-state index contributed by atoms with van der Waals surface area (Å²) in [6, 6.07) is 13.7. The largest absolute Gasteiger partial charge is 0.481 e. The highest BCUT2D eigenvalue weighted by Gasteiger charge is 2.39. The molecular weight excluding hydrogens is 406 g/mol. The number of rotatable bonds is 5. The van der Waals surface area contributed by atoms with Gasteiger partial charge in [-0.25, -0.2) is 0 Å². The van der Waals surface area contributed by atoms with Crippen molar-refractivity contribution < 1.29 is 14.1 Å². The normalized spacial score (nSPS) is 19.8. The predicted octanol–water partition coefficient (Wildman–Crippen LogP) is 5.15. The van der Waals surface area contributed by atoms with Crippen molar-refractivity contribution in [3.63, 3.8) is 0 Å². The minimum atomic E-state index is -1.15. The topological polar surface area (TPSA) is 59.3 Å². The minimum absolute atomic E-state index is 0.0848. The number of hydrogen-bond donors (Lipinski definition) is 1. The van der Waals surface area contributed by atoms with Crippen molar-refractivity contribution in [1.82, 2.24) is 4.57 Å². The molecule has 29 heavy (non-hydrogen) atoms. The molecule has 1 N–H and O–H groups in total. The molecule has 1 aliphatic rings. The van der Waals surface area contributed by atoms with Gasteiger partial charge in [0.25, 0.3) is 0 Å². The molecule has 0 radical (unpaired) electrons. The minimum Gasteiger partial charge on any atom is -0.481 e. The SMILES string of the molecule is C[S@](=O)c1cccc2c3c(n(Cc4ccc(Cl)cc4)c12)C(C)(CC(=O)O)CCC3. The lowest BCUT2D eigenvalue weighted by Gasteiger charge is -2.35. The molecule has 0 spiro atoms. The Balaban J connectivity index is 2.02. The van der Waals surface area contributed by atoms with Gasteiger partial charge >= 0.3 is 5.97 Å². The Morgan fingerprint density at radius 2 is 1.97 bits per heavy atom. The van der Waals surface area contributed by atoms with Crippen molar-refractivity contribution in [1.29, 1.82) is 0 Å². The van der Waals surface area contributed by atoms with E-state index in [0.29, 0.717) is 11.6 Å². The summed E-state index contributed by atoms with van der Waals surface area (Å²) in [5, 5.41) is 11.4. The molecule has 6 heteroatoms. The van der Waals surface area contributed by atoms with Crippen LogP contribution in [0.4, 0.5) is 0 Å². The molecule has 4 nitrogen and oxygen atoms in total. The van der Waals surface area contributed by atoms with Gasteiger partial charge in [0.1, 0.15) is 0 Å². The number of aromatic nitrogens is 1. The number of nitrogens with zero attached hydrogens (tertiary/aromatic N) is 1. The molecule has 1 aromatic heterocycles. The van der Waals surface area contributed by atoms with Crippen LogP contribution in [0, 0.1) is 0 Å². The summed E-state index contributed by atoms with van der Waals surface area (Å²) in [4.78, 5) is 12.5. The molecule has 0 saturated carbocycles. The molecule has 1 aliphatic carbocycles. The van der Waals surface area contributed by atoms with E-state index in [1.165, 1.54) is 5.56 Å². The van der Waals surface area contributed by atoms with Gasteiger partial charge in [0, 0.05) is 34.3 Å². The van der Waals surface area contributed by atoms with E-state index in [1.54, 1.807) is 6.26 Å². The number of carboxylic acids is 1. The number of halogens is 1. The van der Waals surface area contributed by atoms with E-state index in [1.807, 2.05) is 36.4 Å². The first-order valence-electron chi connectivity index (χ1n) is 9.74. The van der Waals surface area contributed by atoms with Gasteiger partial charge in [-0.1, -0.05) is 42.8 Å². The number of aryl methyl sites for hydroxylation is 1. The number of carbonyl (C=O) groups is 1. The fourth-order valence-electron chi connectivity index (χ4n) is 4.83. The maximum Gasteiger partial charge on any atom is 0.304 e. The van der Waals surface area contributed by atoms with Crippen LogP contribution in [0.25, 0.3) is 10.9 Å². The quantitative estimate of drug-likeness (QED) is 0.610. The van der Waals surface area contributed by atoms with Gasteiger partial charge in [0.05, 0.1) is 27.6 Å². The molecule has 2 atom stereocenters. The number of fused-ring (bicyclic) bond motifs is 3. The second-order valence-corrected chi connectivity index (χ2v) is 9.92. The molecular formula is C23H24ClNO3S. The fourth-order valence-corrected chi connectivity index (χ4v) is 5.72. The molecule has 2 aromatic carbocycles. The Morgan fingerprint density at radius 1 is 1.24 bits per heavy atom. The third-order valence-electron chi connectivity index (χ3n) is 5.98. The van der Waals surface area contributed by atoms with Crippen LogP contribution in [0.3, 0.4) is 0 Å². The number of carboxylic acid groups (broad SMARTS) is 1. The van der Waals surface area contributed by atoms with Crippen LogP contribution in [0.1, 0.15) is 43.0 Å². The molecule has 152 valence electrons. The highest BCUT2D eigenvalue weighted by Crippen LogP contribution is 2.45. The maximum absolute atomic E-state index is 12.5. The van der Waals surface area contributed by atoms with Gasteiger partial charge in [0.2, 0.25) is 0 Å². The first-order chi connectivity index (χ1) is 13.8. The maximum atomic E-state index is 12.5. The summed E-state index contributed by atoms with van der Waals surface area (Å²) >= 11 is 6.06. The fraction of sp³-hybridized carbons (Fsp3) is 0.348. The molecule has 4 rings (SSSR count). The zero-order valence-electron chi connectivity index (χ0n) is 16.6. The summed E-state index contributed by atoms with van der Waals surface area (Å²) in [5.74, 6) is -0.789. The number of aliphatic carboxylic acids is 1. The lowest BCUT2D eigenvalue weighted by atomic mass is 9.72. The lowest BCUT2D eigenvalue weighted by Crippen LogP contribution is -2.33. The second-order valence-electron chi connectivity index (χ2n) is 8.13. The molecule has 1 heterocycles. The second kappa shape index (κ2) is 7.62. The average molecular weight is 430 g/mol. The third kappa shape index (κ3) is 3.62. The zero-order valence-corrected chi connectivity index (χ0v) is 18.1. The monoisotopic (exact) mass is 429 g/mol. The van der Waals surface area contributed by atoms with Gasteiger partial charge in [-0.2, -0.15) is 0 Å². The van der Waals surface area contributed by atoms with Crippen LogP contribution < -0.4 is 0 Å². The van der Waals surface area contributed by atoms with Crippen LogP contribution in [-0.2, 0) is 34.0 Å². The van der Waals surface area contributed by atoms with E-state index in [9.17, 15) is 14.1 Å². The van der Waals surface area contributed by atoms with Gasteiger partial charge in [0.15, 0.2) is 0 Å². The van der Waals surface area contributed by atoms with Gasteiger partial charge in [-0.3, -0.25) is 9.00 Å². The zero-order chi connectivity index (χ0) is 20.8. The molecule has 0 fully saturated rings. The van der Waals surface area contributed by atoms with Crippen molar-refractivity contribution >= 4 is 39.3 Å². The van der Waals surface area contributed by atoms with Crippen LogP contribution in [0.2, 0.25) is 5.02 Å². The Bertz CT molecular complexity index is 1120. The summed E-state index contributed by atoms with van der Waals surface area (Å²) in [5.41, 5.74) is 3.86. The molecule has 3 aromatic rings. The van der Waals surface area contributed by atoms with Crippen LogP contribution >= 0.6 is 11.6 Å². The number of benzene rings is 2.